The average Bonchev–Trinajstić information content (AvgIpc) is 1.53. The quantitative estimate of drug-likeness (QED) is 0.125. The summed E-state index contributed by atoms with van der Waals surface area (Å²) in [7, 11) is -6.27. The van der Waals surface area contributed by atoms with Gasteiger partial charge < -0.3 is 22.7 Å². The molecule has 31 rings (SSSR count). The lowest BCUT2D eigenvalue weighted by molar-refractivity contribution is 0.664. The minimum atomic E-state index is -2.11. The Hall–Kier alpha value is -17.9. The van der Waals surface area contributed by atoms with E-state index in [0.29, 0.717) is 0 Å². The second-order valence-electron chi connectivity index (χ2n) is 42.2. The second-order valence-corrected chi connectivity index (χ2v) is 55.0. The molecule has 0 unspecified atom stereocenters. The molecule has 0 N–H and O–H groups in total. The van der Waals surface area contributed by atoms with Gasteiger partial charge in [-0.15, -0.1) is 0 Å². The van der Waals surface area contributed by atoms with E-state index in [-0.39, 0.29) is 5.41 Å². The van der Waals surface area contributed by atoms with Crippen LogP contribution in [-0.4, -0.2) is 72.4 Å². The van der Waals surface area contributed by atoms with Crippen LogP contribution in [0.5, 0.6) is 0 Å². The van der Waals surface area contributed by atoms with Crippen molar-refractivity contribution in [3.05, 3.63) is 460 Å². The molecule has 0 fully saturated rings. The summed E-state index contributed by atoms with van der Waals surface area (Å²) in [5.74, 6) is 2.34. The normalized spacial score (nSPS) is 13.9. The van der Waals surface area contributed by atoms with Crippen LogP contribution < -0.4 is 31.5 Å². The largest absolute Gasteiger partial charge is 0.454 e. The highest BCUT2D eigenvalue weighted by Gasteiger charge is 2.46. The molecule has 706 valence electrons. The highest BCUT2D eigenvalue weighted by atomic mass is 28.3. The maximum absolute atomic E-state index is 6.69. The molecular weight excluding hydrogens is 1860 g/mol. The molecule has 0 spiro atoms. The Morgan fingerprint density at radius 2 is 0.557 bits per heavy atom. The third kappa shape index (κ3) is 13.1. The van der Waals surface area contributed by atoms with E-state index in [4.69, 9.17) is 34.3 Å². The fraction of sp³-hybridized carbons (Fsp3) is 0.0667. The summed E-state index contributed by atoms with van der Waals surface area (Å²) in [4.78, 5) is 32.4. The van der Waals surface area contributed by atoms with Crippen LogP contribution >= 0.6 is 0 Å². The number of aromatic nitrogens is 10. The Morgan fingerprint density at radius 3 is 1.03 bits per heavy atom. The molecule has 27 aromatic rings. The molecule has 11 heterocycles. The lowest BCUT2D eigenvalue weighted by Gasteiger charge is -2.24. The van der Waals surface area contributed by atoms with Gasteiger partial charge in [-0.3, -0.25) is 0 Å². The summed E-state index contributed by atoms with van der Waals surface area (Å²) in [6, 6.07) is 162. The molecule has 0 bridgehead atoms. The molecule has 0 atom stereocenters. The van der Waals surface area contributed by atoms with E-state index in [1.807, 2.05) is 12.1 Å². The molecule has 8 aromatic heterocycles. The molecule has 149 heavy (non-hydrogen) atoms. The van der Waals surface area contributed by atoms with Crippen LogP contribution in [0, 0.1) is 0 Å². The molecule has 1 aliphatic carbocycles. The fourth-order valence-corrected chi connectivity index (χ4v) is 34.3. The van der Waals surface area contributed by atoms with Crippen LogP contribution in [0.15, 0.2) is 453 Å². The van der Waals surface area contributed by atoms with Crippen LogP contribution in [0.25, 0.3) is 244 Å². The summed E-state index contributed by atoms with van der Waals surface area (Å²) in [6.07, 6.45) is 0. The van der Waals surface area contributed by atoms with Crippen molar-refractivity contribution < 1.29 is 4.42 Å². The van der Waals surface area contributed by atoms with Gasteiger partial charge in [0.15, 0.2) is 23.1 Å². The predicted molar refractivity (Wildman–Crippen MR) is 627 cm³/mol. The van der Waals surface area contributed by atoms with Crippen LogP contribution in [0.3, 0.4) is 0 Å². The zero-order valence-electron chi connectivity index (χ0n) is 83.6. The minimum absolute atomic E-state index is 0.146. The molecule has 0 amide bonds. The number of nitrogens with zero attached hydrogens (tertiary/aromatic N) is 10. The third-order valence-electron chi connectivity index (χ3n) is 32.4. The number of rotatable bonds is 10. The van der Waals surface area contributed by atoms with E-state index >= 15 is 0 Å². The Bertz CT molecular complexity index is 10300. The summed E-state index contributed by atoms with van der Waals surface area (Å²) < 4.78 is 16.5. The first-order valence-corrected chi connectivity index (χ1v) is 60.6. The number of furan rings is 1. The Kier molecular flexibility index (Phi) is 19.6. The van der Waals surface area contributed by atoms with Crippen molar-refractivity contribution in [1.82, 2.24) is 48.2 Å². The maximum atomic E-state index is 6.69. The maximum Gasteiger partial charge on any atom is 0.160 e. The van der Waals surface area contributed by atoms with Gasteiger partial charge in [0, 0.05) is 142 Å². The number of para-hydroxylation sites is 7. The molecule has 0 saturated heterocycles. The topological polar surface area (TPSA) is 110 Å². The summed E-state index contributed by atoms with van der Waals surface area (Å²) >= 11 is 0. The molecular formula is C135H98N10OSi3. The second kappa shape index (κ2) is 33.3. The first-order chi connectivity index (χ1) is 73.0. The van der Waals surface area contributed by atoms with E-state index in [9.17, 15) is 0 Å². The van der Waals surface area contributed by atoms with Crippen molar-refractivity contribution in [2.75, 3.05) is 0 Å². The SMILES string of the molecule is CC1(C)c2ccccc2-c2ccc3c4ccccc4n(-c4cccc(-c5nc(-c6ccccc6)nc6c5-c5ccccc5[Si]6(C)C)c4)c3c21.C[Si]1(C)c2ccccc2-c2c(-c3cccc(-n4c5ccccc5c5ccc6c7ccccc7n(-c7ccccc7)c6c54)c3)nc(-c3ccccc3)nc21.C[Si]1(C)c2ccccc2-c2c(-c3ccccc3-n3c4ccccc4c4ccc5c6ccccc6oc5c43)nc(-c3ccccc3)nc21. The van der Waals surface area contributed by atoms with Gasteiger partial charge >= 0.3 is 0 Å². The Labute approximate surface area is 864 Å². The van der Waals surface area contributed by atoms with E-state index in [0.717, 1.165) is 124 Å². The van der Waals surface area contributed by atoms with Crippen molar-refractivity contribution in [1.29, 1.82) is 0 Å². The predicted octanol–water partition coefficient (Wildman–Crippen LogP) is 30.4. The van der Waals surface area contributed by atoms with Crippen molar-refractivity contribution in [3.8, 4) is 135 Å². The van der Waals surface area contributed by atoms with Gasteiger partial charge in [0.1, 0.15) is 29.8 Å². The number of benzene rings is 19. The number of fused-ring (bicyclic) bond motifs is 30. The summed E-state index contributed by atoms with van der Waals surface area (Å²) in [6.45, 7) is 19.3. The lowest BCUT2D eigenvalue weighted by Crippen LogP contribution is -2.50. The summed E-state index contributed by atoms with van der Waals surface area (Å²) in [5.41, 5.74) is 37.7. The van der Waals surface area contributed by atoms with Gasteiger partial charge in [-0.05, 0) is 133 Å². The smallest absolute Gasteiger partial charge is 0.160 e. The van der Waals surface area contributed by atoms with Crippen molar-refractivity contribution in [3.63, 3.8) is 0 Å². The van der Waals surface area contributed by atoms with Crippen LogP contribution in [0.1, 0.15) is 25.0 Å². The lowest BCUT2D eigenvalue weighted by atomic mass is 9.81. The number of hydrogen-bond donors (Lipinski definition) is 0. The zero-order chi connectivity index (χ0) is 99.6. The molecule has 0 radical (unpaired) electrons. The van der Waals surface area contributed by atoms with E-state index in [1.165, 1.54) is 163 Å². The summed E-state index contributed by atoms with van der Waals surface area (Å²) in [5, 5.41) is 20.0. The van der Waals surface area contributed by atoms with E-state index < -0.39 is 24.2 Å². The molecule has 3 aliphatic heterocycles. The average molecular weight is 1960 g/mol. The zero-order valence-corrected chi connectivity index (χ0v) is 86.6. The van der Waals surface area contributed by atoms with Crippen LogP contribution in [0.4, 0.5) is 0 Å². The van der Waals surface area contributed by atoms with Gasteiger partial charge in [0.2, 0.25) is 0 Å². The van der Waals surface area contributed by atoms with Gasteiger partial charge in [-0.1, -0.05) is 423 Å². The first-order valence-electron chi connectivity index (χ1n) is 51.6. The monoisotopic (exact) mass is 1960 g/mol. The minimum Gasteiger partial charge on any atom is -0.454 e. The standard InChI is InChI=1S/C48H34N4Si.C45H35N3Si.C42H29N3OSi/c1-53(2)42-27-14-11-24-39(42)43-44(49-47(50-48(43)53)31-16-5-3-6-17-31)32-18-15-21-34(30-32)52-41-26-13-10-23-36(41)38-29-28-37-35-22-9-12-25-40(35)51(45(37)46(38)52)33-19-7-4-8-20-33;1-45(2)36-22-11-8-19-31(36)33-25-26-34-32-20-9-12-23-37(32)48(42(34)40(33)45)30-18-14-17-29(27-30)41-39-35-21-10-13-24-38(35)49(3,4)44(39)47-43(46-41)28-15-6-5-7-16-28;1-47(2)36-23-13-9-19-32(36)37-38(43-41(44-42(37)47)26-14-4-3-5-15-26)31-18-7-11-21-34(31)45-33-20-10-6-16-27(33)29-24-25-30-28-17-8-12-22-35(28)46-40(30)39(29)45/h3-30H,1-2H3;5-27H,1-4H3;3-25H,1-2H3. The first kappa shape index (κ1) is 87.6. The van der Waals surface area contributed by atoms with Gasteiger partial charge in [0.25, 0.3) is 0 Å². The van der Waals surface area contributed by atoms with Gasteiger partial charge in [-0.25, -0.2) is 29.9 Å². The van der Waals surface area contributed by atoms with Crippen molar-refractivity contribution in [2.45, 2.75) is 58.5 Å². The molecule has 19 aromatic carbocycles. The van der Waals surface area contributed by atoms with E-state index in [2.05, 4.69) is 508 Å². The molecule has 4 aliphatic rings. The van der Waals surface area contributed by atoms with Gasteiger partial charge in [0.05, 0.1) is 66.9 Å². The molecule has 11 nitrogen and oxygen atoms in total. The van der Waals surface area contributed by atoms with Gasteiger partial charge in [-0.2, -0.15) is 0 Å². The highest BCUT2D eigenvalue weighted by molar-refractivity contribution is 7.04. The van der Waals surface area contributed by atoms with E-state index in [1.54, 1.807) is 0 Å². The van der Waals surface area contributed by atoms with Crippen molar-refractivity contribution >= 4 is 165 Å². The third-order valence-corrected chi connectivity index (χ3v) is 42.4. The molecule has 14 heteroatoms. The molecule has 0 saturated carbocycles. The highest BCUT2D eigenvalue weighted by Crippen LogP contribution is 2.55. The Balaban J connectivity index is 0.000000105. The van der Waals surface area contributed by atoms with Crippen LogP contribution in [-0.2, 0) is 5.41 Å². The number of hydrogen-bond acceptors (Lipinski definition) is 7. The fourth-order valence-electron chi connectivity index (χ4n) is 25.5. The Morgan fingerprint density at radius 1 is 0.228 bits per heavy atom. The van der Waals surface area contributed by atoms with Crippen LogP contribution in [0.2, 0.25) is 39.3 Å². The van der Waals surface area contributed by atoms with Crippen molar-refractivity contribution in [2.24, 2.45) is 0 Å².